The molecule has 1 aromatic carbocycles. The van der Waals surface area contributed by atoms with Crippen LogP contribution < -0.4 is 5.32 Å². The number of phenolic OH excluding ortho intramolecular Hbond substituents is 1. The number of aryl methyl sites for hydroxylation is 1. The van der Waals surface area contributed by atoms with Crippen LogP contribution in [-0.4, -0.2) is 34.2 Å². The number of phenols is 1. The number of anilines is 1. The molecule has 1 amide bonds. The number of nitrogens with one attached hydrogen (secondary N) is 1. The van der Waals surface area contributed by atoms with Gasteiger partial charge in [0.25, 0.3) is 0 Å². The Labute approximate surface area is 121 Å². The number of thioether (sulfide) groups is 1. The van der Waals surface area contributed by atoms with Crippen molar-refractivity contribution in [3.8, 4) is 5.75 Å². The highest BCUT2D eigenvalue weighted by Gasteiger charge is 2.27. The predicted molar refractivity (Wildman–Crippen MR) is 80.8 cm³/mol. The molecule has 0 unspecified atom stereocenters. The van der Waals surface area contributed by atoms with Crippen molar-refractivity contribution in [2.75, 3.05) is 18.4 Å². The molecule has 2 heterocycles. The molecule has 5 nitrogen and oxygen atoms in total. The van der Waals surface area contributed by atoms with Crippen molar-refractivity contribution in [1.29, 1.82) is 0 Å². The fourth-order valence-electron chi connectivity index (χ4n) is 2.22. The van der Waals surface area contributed by atoms with E-state index in [1.165, 1.54) is 0 Å². The molecule has 20 heavy (non-hydrogen) atoms. The van der Waals surface area contributed by atoms with E-state index in [0.717, 1.165) is 29.5 Å². The Hall–Kier alpha value is -1.95. The zero-order valence-corrected chi connectivity index (χ0v) is 11.9. The number of carbonyl (C=O) groups excluding carboxylic acids is 1. The fraction of sp³-hybridized carbons (Fsp3) is 0.286. The smallest absolute Gasteiger partial charge is 0.230 e. The summed E-state index contributed by atoms with van der Waals surface area (Å²) in [7, 11) is 0. The maximum absolute atomic E-state index is 12.1. The van der Waals surface area contributed by atoms with Gasteiger partial charge in [0, 0.05) is 12.2 Å². The van der Waals surface area contributed by atoms with Gasteiger partial charge in [-0.05, 0) is 30.0 Å². The summed E-state index contributed by atoms with van der Waals surface area (Å²) in [5.41, 5.74) is 2.41. The van der Waals surface area contributed by atoms with Crippen molar-refractivity contribution in [3.63, 3.8) is 0 Å². The van der Waals surface area contributed by atoms with E-state index in [1.807, 2.05) is 12.3 Å². The van der Waals surface area contributed by atoms with E-state index in [1.54, 1.807) is 30.0 Å². The lowest BCUT2D eigenvalue weighted by atomic mass is 10.2. The second-order valence-corrected chi connectivity index (χ2v) is 5.63. The molecule has 1 aromatic rings. The van der Waals surface area contributed by atoms with Crippen LogP contribution in [0.2, 0.25) is 0 Å². The summed E-state index contributed by atoms with van der Waals surface area (Å²) in [6.07, 6.45) is 0.291. The lowest BCUT2D eigenvalue weighted by Crippen LogP contribution is -2.24. The Morgan fingerprint density at radius 3 is 3.25 bits per heavy atom. The average Bonchev–Trinajstić information content (AvgIpc) is 2.99. The van der Waals surface area contributed by atoms with Gasteiger partial charge in [0.2, 0.25) is 5.91 Å². The molecule has 2 aliphatic heterocycles. The molecular weight excluding hydrogens is 274 g/mol. The minimum absolute atomic E-state index is 0.0853. The monoisotopic (exact) mass is 289 g/mol. The van der Waals surface area contributed by atoms with Gasteiger partial charge < -0.3 is 15.3 Å². The molecule has 2 N–H and O–H groups in total. The number of amides is 1. The van der Waals surface area contributed by atoms with Gasteiger partial charge in [-0.3, -0.25) is 9.79 Å². The molecule has 104 valence electrons. The highest BCUT2D eigenvalue weighted by molar-refractivity contribution is 8.16. The number of aromatic hydroxyl groups is 1. The van der Waals surface area contributed by atoms with Crippen LogP contribution in [0.1, 0.15) is 12.0 Å². The minimum Gasteiger partial charge on any atom is -0.506 e. The van der Waals surface area contributed by atoms with Crippen molar-refractivity contribution in [2.24, 2.45) is 4.99 Å². The molecule has 0 saturated heterocycles. The highest BCUT2D eigenvalue weighted by atomic mass is 32.2. The first-order valence-corrected chi connectivity index (χ1v) is 7.28. The Kier molecular flexibility index (Phi) is 3.40. The zero-order valence-electron chi connectivity index (χ0n) is 11.1. The maximum atomic E-state index is 12.1. The van der Waals surface area contributed by atoms with Crippen LogP contribution in [0, 0.1) is 6.92 Å². The van der Waals surface area contributed by atoms with Gasteiger partial charge in [-0.25, -0.2) is 0 Å². The number of rotatable bonds is 3. The first-order chi connectivity index (χ1) is 9.63. The Bertz CT molecular complexity index is 625. The second-order valence-electron chi connectivity index (χ2n) is 4.79. The number of carbonyl (C=O) groups is 1. The number of aliphatic imine (C=N–C) groups is 1. The van der Waals surface area contributed by atoms with Crippen LogP contribution in [0.4, 0.5) is 5.69 Å². The highest BCUT2D eigenvalue weighted by Crippen LogP contribution is 2.31. The second kappa shape index (κ2) is 5.20. The van der Waals surface area contributed by atoms with Gasteiger partial charge >= 0.3 is 0 Å². The van der Waals surface area contributed by atoms with Crippen LogP contribution in [0.3, 0.4) is 0 Å². The number of fused-ring (bicyclic) bond motifs is 1. The van der Waals surface area contributed by atoms with Crippen molar-refractivity contribution in [3.05, 3.63) is 34.9 Å². The van der Waals surface area contributed by atoms with E-state index in [9.17, 15) is 9.90 Å². The molecule has 3 rings (SSSR count). The van der Waals surface area contributed by atoms with Gasteiger partial charge in [0.05, 0.1) is 18.7 Å². The summed E-state index contributed by atoms with van der Waals surface area (Å²) in [5.74, 6) is -0.0481. The Morgan fingerprint density at radius 2 is 2.40 bits per heavy atom. The summed E-state index contributed by atoms with van der Waals surface area (Å²) >= 11 is 1.56. The van der Waals surface area contributed by atoms with E-state index in [4.69, 9.17) is 0 Å². The SMILES string of the molecule is Cc1ccc(O)c(NC(=O)CC2=CSC3=NCCN23)c1. The van der Waals surface area contributed by atoms with E-state index < -0.39 is 0 Å². The number of nitrogens with zero attached hydrogens (tertiary/aromatic N) is 2. The van der Waals surface area contributed by atoms with Gasteiger partial charge in [-0.1, -0.05) is 17.8 Å². The molecule has 0 fully saturated rings. The van der Waals surface area contributed by atoms with E-state index in [2.05, 4.69) is 15.2 Å². The minimum atomic E-state index is -0.133. The molecule has 6 heteroatoms. The molecule has 0 bridgehead atoms. The lowest BCUT2D eigenvalue weighted by Gasteiger charge is -2.16. The maximum Gasteiger partial charge on any atom is 0.230 e. The first kappa shape index (κ1) is 13.1. The van der Waals surface area contributed by atoms with Gasteiger partial charge in [0.1, 0.15) is 5.75 Å². The van der Waals surface area contributed by atoms with Gasteiger partial charge in [-0.15, -0.1) is 0 Å². The third-order valence-corrected chi connectivity index (χ3v) is 4.17. The van der Waals surface area contributed by atoms with Gasteiger partial charge in [0.15, 0.2) is 5.17 Å². The van der Waals surface area contributed by atoms with Crippen LogP contribution in [0.5, 0.6) is 5.75 Å². The summed E-state index contributed by atoms with van der Waals surface area (Å²) < 4.78 is 0. The Morgan fingerprint density at radius 1 is 1.55 bits per heavy atom. The summed E-state index contributed by atoms with van der Waals surface area (Å²) in [6.45, 7) is 3.55. The van der Waals surface area contributed by atoms with E-state index >= 15 is 0 Å². The Balaban J connectivity index is 1.66. The van der Waals surface area contributed by atoms with E-state index in [-0.39, 0.29) is 11.7 Å². The molecule has 0 aliphatic carbocycles. The third-order valence-electron chi connectivity index (χ3n) is 3.22. The van der Waals surface area contributed by atoms with E-state index in [0.29, 0.717) is 12.1 Å². The molecule has 0 saturated carbocycles. The largest absolute Gasteiger partial charge is 0.506 e. The molecule has 2 aliphatic rings. The van der Waals surface area contributed by atoms with Crippen molar-refractivity contribution in [2.45, 2.75) is 13.3 Å². The number of benzene rings is 1. The molecule has 0 radical (unpaired) electrons. The number of hydrogen-bond donors (Lipinski definition) is 2. The predicted octanol–water partition coefficient (Wildman–Crippen LogP) is 2.29. The van der Waals surface area contributed by atoms with Crippen molar-refractivity contribution < 1.29 is 9.90 Å². The van der Waals surface area contributed by atoms with Crippen LogP contribution in [0.15, 0.2) is 34.3 Å². The zero-order chi connectivity index (χ0) is 14.1. The van der Waals surface area contributed by atoms with Gasteiger partial charge in [-0.2, -0.15) is 0 Å². The first-order valence-electron chi connectivity index (χ1n) is 6.40. The molecule has 0 aromatic heterocycles. The molecule has 0 spiro atoms. The molecule has 0 atom stereocenters. The summed E-state index contributed by atoms with van der Waals surface area (Å²) in [6, 6.07) is 5.14. The number of amidine groups is 1. The molecular formula is C14H15N3O2S. The normalized spacial score (nSPS) is 16.8. The lowest BCUT2D eigenvalue weighted by molar-refractivity contribution is -0.115. The third kappa shape index (κ3) is 2.51. The fourth-order valence-corrected chi connectivity index (χ4v) is 3.18. The quantitative estimate of drug-likeness (QED) is 0.838. The standard InChI is InChI=1S/C14H15N3O2S/c1-9-2-3-12(18)11(6-9)16-13(19)7-10-8-20-14-15-4-5-17(10)14/h2-3,6,8,18H,4-5,7H2,1H3,(H,16,19). The van der Waals surface area contributed by atoms with Crippen molar-refractivity contribution in [1.82, 2.24) is 4.90 Å². The van der Waals surface area contributed by atoms with Crippen molar-refractivity contribution >= 4 is 28.5 Å². The number of hydrogen-bond acceptors (Lipinski definition) is 5. The van der Waals surface area contributed by atoms with Crippen LogP contribution in [-0.2, 0) is 4.79 Å². The average molecular weight is 289 g/mol. The van der Waals surface area contributed by atoms with Crippen LogP contribution >= 0.6 is 11.8 Å². The topological polar surface area (TPSA) is 64.9 Å². The summed E-state index contributed by atoms with van der Waals surface area (Å²) in [5, 5.41) is 15.4. The summed E-state index contributed by atoms with van der Waals surface area (Å²) in [4.78, 5) is 18.5. The van der Waals surface area contributed by atoms with Crippen LogP contribution in [0.25, 0.3) is 0 Å².